The second-order valence-electron chi connectivity index (χ2n) is 7.85. The molecule has 1 aliphatic heterocycles. The van der Waals surface area contributed by atoms with Crippen LogP contribution in [0.25, 0.3) is 0 Å². The highest BCUT2D eigenvalue weighted by atomic mass is 16.5. The molecule has 1 atom stereocenters. The smallest absolute Gasteiger partial charge is 0.319 e. The SMILES string of the molecule is COc1ccc([C@@H](CN2CCN(C)CC2)NC(=O)Nc2ccc(C)cc2C)cc1. The first-order valence-corrected chi connectivity index (χ1v) is 10.1. The van der Waals surface area contributed by atoms with Gasteiger partial charge in [-0.15, -0.1) is 0 Å². The average molecular weight is 397 g/mol. The summed E-state index contributed by atoms with van der Waals surface area (Å²) in [6.07, 6.45) is 0. The zero-order chi connectivity index (χ0) is 20.8. The number of aryl methyl sites for hydroxylation is 2. The minimum atomic E-state index is -0.188. The van der Waals surface area contributed by atoms with Crippen LogP contribution in [0.15, 0.2) is 42.5 Å². The number of hydrogen-bond donors (Lipinski definition) is 2. The molecule has 6 heteroatoms. The van der Waals surface area contributed by atoms with Crippen LogP contribution in [0.5, 0.6) is 5.75 Å². The lowest BCUT2D eigenvalue weighted by atomic mass is 10.1. The van der Waals surface area contributed by atoms with Crippen molar-refractivity contribution in [3.63, 3.8) is 0 Å². The number of anilines is 1. The molecule has 0 unspecified atom stereocenters. The molecule has 1 aliphatic rings. The third-order valence-electron chi connectivity index (χ3n) is 5.49. The van der Waals surface area contributed by atoms with Crippen molar-refractivity contribution in [1.82, 2.24) is 15.1 Å². The van der Waals surface area contributed by atoms with E-state index in [1.54, 1.807) is 7.11 Å². The Morgan fingerprint density at radius 1 is 1.07 bits per heavy atom. The van der Waals surface area contributed by atoms with Gasteiger partial charge in [0.2, 0.25) is 0 Å². The van der Waals surface area contributed by atoms with Crippen molar-refractivity contribution in [2.45, 2.75) is 19.9 Å². The van der Waals surface area contributed by atoms with Gasteiger partial charge in [0, 0.05) is 38.4 Å². The van der Waals surface area contributed by atoms with Crippen LogP contribution in [0.1, 0.15) is 22.7 Å². The first kappa shape index (κ1) is 21.1. The number of ether oxygens (including phenoxy) is 1. The lowest BCUT2D eigenvalue weighted by Crippen LogP contribution is -2.48. The highest BCUT2D eigenvalue weighted by Gasteiger charge is 2.21. The van der Waals surface area contributed by atoms with Gasteiger partial charge in [-0.3, -0.25) is 4.90 Å². The van der Waals surface area contributed by atoms with Gasteiger partial charge in [0.05, 0.1) is 13.2 Å². The van der Waals surface area contributed by atoms with Crippen molar-refractivity contribution in [3.8, 4) is 5.75 Å². The van der Waals surface area contributed by atoms with E-state index >= 15 is 0 Å². The highest BCUT2D eigenvalue weighted by molar-refractivity contribution is 5.90. The predicted molar refractivity (Wildman–Crippen MR) is 118 cm³/mol. The molecule has 156 valence electrons. The lowest BCUT2D eigenvalue weighted by molar-refractivity contribution is 0.143. The molecule has 29 heavy (non-hydrogen) atoms. The summed E-state index contributed by atoms with van der Waals surface area (Å²) in [6.45, 7) is 8.93. The number of piperazine rings is 1. The fraction of sp³-hybridized carbons (Fsp3) is 0.435. The summed E-state index contributed by atoms with van der Waals surface area (Å²) in [6, 6.07) is 13.7. The predicted octanol–water partition coefficient (Wildman–Crippen LogP) is 3.42. The Morgan fingerprint density at radius 3 is 2.38 bits per heavy atom. The molecular formula is C23H32N4O2. The quantitative estimate of drug-likeness (QED) is 0.786. The Hall–Kier alpha value is -2.57. The molecule has 1 saturated heterocycles. The van der Waals surface area contributed by atoms with E-state index < -0.39 is 0 Å². The maximum Gasteiger partial charge on any atom is 0.319 e. The molecule has 6 nitrogen and oxygen atoms in total. The molecule has 2 aromatic carbocycles. The fourth-order valence-electron chi connectivity index (χ4n) is 3.63. The molecule has 2 aromatic rings. The van der Waals surface area contributed by atoms with Gasteiger partial charge in [-0.05, 0) is 50.2 Å². The number of urea groups is 1. The van der Waals surface area contributed by atoms with E-state index in [1.165, 1.54) is 5.56 Å². The molecule has 2 amide bonds. The number of amides is 2. The number of nitrogens with zero attached hydrogens (tertiary/aromatic N) is 2. The second-order valence-corrected chi connectivity index (χ2v) is 7.85. The minimum absolute atomic E-state index is 0.102. The molecular weight excluding hydrogens is 364 g/mol. The molecule has 0 saturated carbocycles. The Balaban J connectivity index is 1.71. The first-order valence-electron chi connectivity index (χ1n) is 10.1. The summed E-state index contributed by atoms with van der Waals surface area (Å²) in [5.41, 5.74) is 4.14. The number of carbonyl (C=O) groups is 1. The number of carbonyl (C=O) groups excluding carboxylic acids is 1. The van der Waals surface area contributed by atoms with E-state index in [2.05, 4.69) is 33.5 Å². The Bertz CT molecular complexity index is 814. The van der Waals surface area contributed by atoms with Crippen LogP contribution >= 0.6 is 0 Å². The molecule has 0 aromatic heterocycles. The Labute approximate surface area is 173 Å². The Morgan fingerprint density at radius 2 is 1.76 bits per heavy atom. The van der Waals surface area contributed by atoms with E-state index in [1.807, 2.05) is 50.2 Å². The topological polar surface area (TPSA) is 56.8 Å². The third-order valence-corrected chi connectivity index (χ3v) is 5.49. The van der Waals surface area contributed by atoms with Gasteiger partial charge in [0.25, 0.3) is 0 Å². The van der Waals surface area contributed by atoms with Gasteiger partial charge < -0.3 is 20.3 Å². The Kier molecular flexibility index (Phi) is 7.12. The molecule has 0 spiro atoms. The number of nitrogens with one attached hydrogen (secondary N) is 2. The minimum Gasteiger partial charge on any atom is -0.497 e. The highest BCUT2D eigenvalue weighted by Crippen LogP contribution is 2.21. The van der Waals surface area contributed by atoms with Crippen molar-refractivity contribution < 1.29 is 9.53 Å². The number of rotatable bonds is 6. The van der Waals surface area contributed by atoms with Gasteiger partial charge in [-0.25, -0.2) is 4.79 Å². The van der Waals surface area contributed by atoms with Crippen molar-refractivity contribution >= 4 is 11.7 Å². The summed E-state index contributed by atoms with van der Waals surface area (Å²) in [4.78, 5) is 17.5. The zero-order valence-corrected chi connectivity index (χ0v) is 17.9. The third kappa shape index (κ3) is 5.95. The maximum atomic E-state index is 12.8. The number of methoxy groups -OCH3 is 1. The van der Waals surface area contributed by atoms with Gasteiger partial charge in [-0.2, -0.15) is 0 Å². The average Bonchev–Trinajstić information content (AvgIpc) is 2.71. The van der Waals surface area contributed by atoms with Gasteiger partial charge >= 0.3 is 6.03 Å². The molecule has 1 fully saturated rings. The summed E-state index contributed by atoms with van der Waals surface area (Å²) in [5, 5.41) is 6.18. The molecule has 2 N–H and O–H groups in total. The van der Waals surface area contributed by atoms with Crippen LogP contribution in [0, 0.1) is 13.8 Å². The van der Waals surface area contributed by atoms with E-state index in [4.69, 9.17) is 4.74 Å². The van der Waals surface area contributed by atoms with Crippen LogP contribution in [0.3, 0.4) is 0 Å². The van der Waals surface area contributed by atoms with Gasteiger partial charge in [0.15, 0.2) is 0 Å². The van der Waals surface area contributed by atoms with Crippen molar-refractivity contribution in [1.29, 1.82) is 0 Å². The van der Waals surface area contributed by atoms with Gasteiger partial charge in [-0.1, -0.05) is 29.8 Å². The number of likely N-dealkylation sites (N-methyl/N-ethyl adjacent to an activating group) is 1. The summed E-state index contributed by atoms with van der Waals surface area (Å²) >= 11 is 0. The van der Waals surface area contributed by atoms with E-state index in [0.29, 0.717) is 0 Å². The lowest BCUT2D eigenvalue weighted by Gasteiger charge is -2.35. The van der Waals surface area contributed by atoms with E-state index in [9.17, 15) is 4.79 Å². The number of benzene rings is 2. The summed E-state index contributed by atoms with van der Waals surface area (Å²) < 4.78 is 5.28. The molecule has 0 aliphatic carbocycles. The van der Waals surface area contributed by atoms with Crippen LogP contribution in [0.2, 0.25) is 0 Å². The summed E-state index contributed by atoms with van der Waals surface area (Å²) in [5.74, 6) is 0.812. The van der Waals surface area contributed by atoms with Crippen molar-refractivity contribution in [2.75, 3.05) is 52.2 Å². The maximum absolute atomic E-state index is 12.8. The standard InChI is InChI=1S/C23H32N4O2/c1-17-5-10-21(18(2)15-17)24-23(28)25-22(16-27-13-11-26(3)12-14-27)19-6-8-20(29-4)9-7-19/h5-10,15,22H,11-14,16H2,1-4H3,(H2,24,25,28)/t22-/m1/s1. The summed E-state index contributed by atoms with van der Waals surface area (Å²) in [7, 11) is 3.81. The van der Waals surface area contributed by atoms with Gasteiger partial charge in [0.1, 0.15) is 5.75 Å². The van der Waals surface area contributed by atoms with Crippen molar-refractivity contribution in [3.05, 3.63) is 59.2 Å². The van der Waals surface area contributed by atoms with Crippen LogP contribution in [-0.4, -0.2) is 62.7 Å². The molecule has 0 radical (unpaired) electrons. The fourth-order valence-corrected chi connectivity index (χ4v) is 3.63. The van der Waals surface area contributed by atoms with Crippen LogP contribution < -0.4 is 15.4 Å². The molecule has 0 bridgehead atoms. The van der Waals surface area contributed by atoms with E-state index in [-0.39, 0.29) is 12.1 Å². The molecule has 1 heterocycles. The van der Waals surface area contributed by atoms with Crippen LogP contribution in [0.4, 0.5) is 10.5 Å². The molecule has 3 rings (SSSR count). The normalized spacial score (nSPS) is 16.3. The van der Waals surface area contributed by atoms with E-state index in [0.717, 1.165) is 55.3 Å². The van der Waals surface area contributed by atoms with Crippen molar-refractivity contribution in [2.24, 2.45) is 0 Å². The van der Waals surface area contributed by atoms with Crippen LogP contribution in [-0.2, 0) is 0 Å². The number of hydrogen-bond acceptors (Lipinski definition) is 4. The monoisotopic (exact) mass is 396 g/mol. The second kappa shape index (κ2) is 9.76. The zero-order valence-electron chi connectivity index (χ0n) is 17.9. The largest absolute Gasteiger partial charge is 0.497 e. The first-order chi connectivity index (χ1) is 13.9.